The van der Waals surface area contributed by atoms with Crippen LogP contribution in [0.5, 0.6) is 0 Å². The molecule has 120 valence electrons. The van der Waals surface area contributed by atoms with Crippen LogP contribution in [0.4, 0.5) is 5.69 Å². The van der Waals surface area contributed by atoms with Crippen LogP contribution in [-0.2, 0) is 0 Å². The summed E-state index contributed by atoms with van der Waals surface area (Å²) in [5, 5.41) is 10.9. The molecule has 0 amide bonds. The number of carboxylic acid groups (broad SMARTS) is 1. The van der Waals surface area contributed by atoms with Crippen molar-refractivity contribution in [2.75, 3.05) is 5.01 Å². The lowest BCUT2D eigenvalue weighted by Gasteiger charge is -2.34. The lowest BCUT2D eigenvalue weighted by molar-refractivity contribution is 0.0693. The van der Waals surface area contributed by atoms with Crippen LogP contribution in [0.25, 0.3) is 0 Å². The number of carboxylic acids is 1. The molecule has 0 heterocycles. The molecular weight excluding hydrogens is 292 g/mol. The Morgan fingerprint density at radius 1 is 1.00 bits per heavy atom. The topological polar surface area (TPSA) is 83.6 Å². The lowest BCUT2D eigenvalue weighted by Crippen LogP contribution is -2.47. The third kappa shape index (κ3) is 3.40. The van der Waals surface area contributed by atoms with Crippen LogP contribution in [0, 0.1) is 0 Å². The zero-order chi connectivity index (χ0) is 17.2. The fraction of sp³-hybridized carbons (Fsp3) is 0.222. The largest absolute Gasteiger partial charge is 0.478 e. The molecule has 0 spiro atoms. The third-order valence-electron chi connectivity index (χ3n) is 3.52. The molecule has 0 radical (unpaired) electrons. The van der Waals surface area contributed by atoms with E-state index in [2.05, 4.69) is 0 Å². The fourth-order valence-electron chi connectivity index (χ4n) is 2.25. The van der Waals surface area contributed by atoms with Gasteiger partial charge in [0.2, 0.25) is 0 Å². The second-order valence-corrected chi connectivity index (χ2v) is 6.24. The minimum Gasteiger partial charge on any atom is -0.478 e. The number of hydrogen-bond acceptors (Lipinski definition) is 4. The number of hydrazine groups is 1. The summed E-state index contributed by atoms with van der Waals surface area (Å²) in [5.41, 5.74) is 0.388. The number of hydrogen-bond donors (Lipinski definition) is 2. The number of nitrogens with two attached hydrogens (primary N) is 1. The molecule has 2 rings (SSSR count). The van der Waals surface area contributed by atoms with Gasteiger partial charge in [0.05, 0.1) is 16.8 Å². The van der Waals surface area contributed by atoms with Gasteiger partial charge in [0, 0.05) is 11.1 Å². The van der Waals surface area contributed by atoms with E-state index in [1.165, 1.54) is 11.1 Å². The SMILES string of the molecule is CC(C)(C)N(N)c1cccc(C(=O)O)c1C(=O)c1ccccc1. The van der Waals surface area contributed by atoms with Crippen molar-refractivity contribution < 1.29 is 14.7 Å². The van der Waals surface area contributed by atoms with Gasteiger partial charge >= 0.3 is 5.97 Å². The quantitative estimate of drug-likeness (QED) is 0.515. The van der Waals surface area contributed by atoms with Crippen molar-refractivity contribution in [2.45, 2.75) is 26.3 Å². The van der Waals surface area contributed by atoms with Crippen molar-refractivity contribution in [3.63, 3.8) is 0 Å². The van der Waals surface area contributed by atoms with Gasteiger partial charge in [0.25, 0.3) is 0 Å². The van der Waals surface area contributed by atoms with Crippen molar-refractivity contribution in [3.8, 4) is 0 Å². The molecule has 0 bridgehead atoms. The monoisotopic (exact) mass is 312 g/mol. The fourth-order valence-corrected chi connectivity index (χ4v) is 2.25. The molecule has 0 saturated heterocycles. The summed E-state index contributed by atoms with van der Waals surface area (Å²) >= 11 is 0. The molecule has 0 aromatic heterocycles. The second kappa shape index (κ2) is 6.22. The smallest absolute Gasteiger partial charge is 0.336 e. The van der Waals surface area contributed by atoms with Gasteiger partial charge in [0.1, 0.15) is 0 Å². The second-order valence-electron chi connectivity index (χ2n) is 6.24. The highest BCUT2D eigenvalue weighted by Crippen LogP contribution is 2.29. The number of carbonyl (C=O) groups is 2. The van der Waals surface area contributed by atoms with E-state index in [9.17, 15) is 14.7 Å². The van der Waals surface area contributed by atoms with Gasteiger partial charge in [-0.2, -0.15) is 0 Å². The van der Waals surface area contributed by atoms with Gasteiger partial charge in [-0.15, -0.1) is 0 Å². The highest BCUT2D eigenvalue weighted by atomic mass is 16.4. The molecule has 0 atom stereocenters. The van der Waals surface area contributed by atoms with E-state index in [1.54, 1.807) is 42.5 Å². The van der Waals surface area contributed by atoms with Crippen molar-refractivity contribution in [2.24, 2.45) is 5.84 Å². The van der Waals surface area contributed by atoms with Crippen molar-refractivity contribution in [3.05, 3.63) is 65.2 Å². The summed E-state index contributed by atoms with van der Waals surface area (Å²) in [6, 6.07) is 13.2. The number of anilines is 1. The minimum absolute atomic E-state index is 0.0592. The van der Waals surface area contributed by atoms with Gasteiger partial charge < -0.3 is 10.1 Å². The first-order valence-corrected chi connectivity index (χ1v) is 7.24. The Morgan fingerprint density at radius 3 is 2.13 bits per heavy atom. The molecule has 2 aromatic rings. The Kier molecular flexibility index (Phi) is 4.52. The molecule has 5 heteroatoms. The zero-order valence-corrected chi connectivity index (χ0v) is 13.4. The average Bonchev–Trinajstić information content (AvgIpc) is 2.52. The van der Waals surface area contributed by atoms with Crippen molar-refractivity contribution in [1.29, 1.82) is 0 Å². The van der Waals surface area contributed by atoms with Crippen molar-refractivity contribution >= 4 is 17.4 Å². The predicted molar refractivity (Wildman–Crippen MR) is 89.7 cm³/mol. The van der Waals surface area contributed by atoms with Crippen molar-refractivity contribution in [1.82, 2.24) is 0 Å². The highest BCUT2D eigenvalue weighted by Gasteiger charge is 2.27. The molecule has 3 N–H and O–H groups in total. The predicted octanol–water partition coefficient (Wildman–Crippen LogP) is 3.09. The Labute approximate surface area is 135 Å². The Balaban J connectivity index is 2.68. The maximum atomic E-state index is 12.9. The molecule has 0 aliphatic heterocycles. The Morgan fingerprint density at radius 2 is 1.61 bits per heavy atom. The Bertz CT molecular complexity index is 734. The first-order chi connectivity index (χ1) is 10.7. The van der Waals surface area contributed by atoms with Gasteiger partial charge in [-0.05, 0) is 32.9 Å². The van der Waals surface area contributed by atoms with E-state index in [0.717, 1.165) is 0 Å². The summed E-state index contributed by atoms with van der Waals surface area (Å²) in [5.74, 6) is 4.62. The summed E-state index contributed by atoms with van der Waals surface area (Å²) in [6.45, 7) is 5.66. The van der Waals surface area contributed by atoms with E-state index in [4.69, 9.17) is 5.84 Å². The maximum Gasteiger partial charge on any atom is 0.336 e. The normalized spacial score (nSPS) is 11.1. The molecule has 0 fully saturated rings. The van der Waals surface area contributed by atoms with E-state index in [1.807, 2.05) is 20.8 Å². The van der Waals surface area contributed by atoms with E-state index in [0.29, 0.717) is 11.3 Å². The summed E-state index contributed by atoms with van der Waals surface area (Å²) in [6.07, 6.45) is 0. The molecular formula is C18H20N2O3. The van der Waals surface area contributed by atoms with Gasteiger partial charge in [-0.25, -0.2) is 10.6 Å². The molecule has 0 aliphatic carbocycles. The molecule has 2 aromatic carbocycles. The van der Waals surface area contributed by atoms with Gasteiger partial charge in [-0.3, -0.25) is 4.79 Å². The molecule has 0 unspecified atom stereocenters. The lowest BCUT2D eigenvalue weighted by atomic mass is 9.94. The van der Waals surface area contributed by atoms with E-state index in [-0.39, 0.29) is 16.9 Å². The van der Waals surface area contributed by atoms with Gasteiger partial charge in [-0.1, -0.05) is 36.4 Å². The zero-order valence-electron chi connectivity index (χ0n) is 13.4. The van der Waals surface area contributed by atoms with Crippen LogP contribution < -0.4 is 10.9 Å². The van der Waals surface area contributed by atoms with Crippen LogP contribution >= 0.6 is 0 Å². The van der Waals surface area contributed by atoms with Crippen LogP contribution in [-0.4, -0.2) is 22.4 Å². The number of carbonyl (C=O) groups excluding carboxylic acids is 1. The number of ketones is 1. The summed E-state index contributed by atoms with van der Waals surface area (Å²) < 4.78 is 0. The van der Waals surface area contributed by atoms with Gasteiger partial charge in [0.15, 0.2) is 5.78 Å². The number of benzene rings is 2. The minimum atomic E-state index is -1.16. The Hall–Kier alpha value is -2.66. The molecule has 0 saturated carbocycles. The number of nitrogens with zero attached hydrogens (tertiary/aromatic N) is 1. The van der Waals surface area contributed by atoms with E-state index >= 15 is 0 Å². The first-order valence-electron chi connectivity index (χ1n) is 7.24. The maximum absolute atomic E-state index is 12.9. The highest BCUT2D eigenvalue weighted by molar-refractivity contribution is 6.17. The van der Waals surface area contributed by atoms with Crippen LogP contribution in [0.15, 0.2) is 48.5 Å². The molecule has 5 nitrogen and oxygen atoms in total. The molecule has 0 aliphatic rings. The third-order valence-corrected chi connectivity index (χ3v) is 3.52. The standard InChI is InChI=1S/C18H20N2O3/c1-18(2,3)20(19)14-11-7-10-13(17(22)23)15(14)16(21)12-8-5-4-6-9-12/h4-11H,19H2,1-3H3,(H,22,23). The first kappa shape index (κ1) is 16.7. The van der Waals surface area contributed by atoms with Crippen LogP contribution in [0.2, 0.25) is 0 Å². The van der Waals surface area contributed by atoms with Crippen LogP contribution in [0.3, 0.4) is 0 Å². The molecule has 23 heavy (non-hydrogen) atoms. The van der Waals surface area contributed by atoms with Crippen LogP contribution in [0.1, 0.15) is 47.1 Å². The number of aromatic carboxylic acids is 1. The van der Waals surface area contributed by atoms with E-state index < -0.39 is 11.5 Å². The average molecular weight is 312 g/mol. The summed E-state index contributed by atoms with van der Waals surface area (Å²) in [7, 11) is 0. The number of rotatable bonds is 4. The summed E-state index contributed by atoms with van der Waals surface area (Å²) in [4.78, 5) is 24.4.